The number of rotatable bonds is 7. The van der Waals surface area contributed by atoms with Gasteiger partial charge in [-0.3, -0.25) is 10.1 Å². The minimum Gasteiger partial charge on any atom is -0.486 e. The van der Waals surface area contributed by atoms with Crippen LogP contribution in [0.25, 0.3) is 0 Å². The number of non-ortho nitro benzene ring substituents is 1. The Bertz CT molecular complexity index is 1060. The maximum absolute atomic E-state index is 10.8. The Kier molecular flexibility index (Phi) is 8.34. The van der Waals surface area contributed by atoms with Crippen molar-refractivity contribution in [2.24, 2.45) is 0 Å². The summed E-state index contributed by atoms with van der Waals surface area (Å²) in [6.07, 6.45) is -1.57. The number of aliphatic hydroxyl groups excluding tert-OH is 1. The summed E-state index contributed by atoms with van der Waals surface area (Å²) in [5.41, 5.74) is 1.59. The van der Waals surface area contributed by atoms with Crippen LogP contribution in [-0.2, 0) is 11.3 Å². The average Bonchev–Trinajstić information content (AvgIpc) is 2.84. The Balaban J connectivity index is 0.000000235. The molecule has 0 fully saturated rings. The summed E-state index contributed by atoms with van der Waals surface area (Å²) < 4.78 is 11.4. The van der Waals surface area contributed by atoms with Crippen molar-refractivity contribution in [3.05, 3.63) is 100 Å². The molecule has 9 heteroatoms. The smallest absolute Gasteiger partial charge is 0.337 e. The number of hydrogen-bond donors (Lipinski definition) is 3. The summed E-state index contributed by atoms with van der Waals surface area (Å²) in [5, 5.41) is 31.5. The van der Waals surface area contributed by atoms with Crippen molar-refractivity contribution in [2.75, 3.05) is 13.2 Å². The van der Waals surface area contributed by atoms with E-state index < -0.39 is 17.0 Å². The number of hydrogen-bond acceptors (Lipinski definition) is 7. The number of carbonyl (C=O) groups is 1. The molecule has 33 heavy (non-hydrogen) atoms. The highest BCUT2D eigenvalue weighted by molar-refractivity contribution is 5.73. The van der Waals surface area contributed by atoms with E-state index in [4.69, 9.17) is 19.7 Å². The predicted octanol–water partition coefficient (Wildman–Crippen LogP) is 3.33. The maximum Gasteiger partial charge on any atom is 0.337 e. The summed E-state index contributed by atoms with van der Waals surface area (Å²) >= 11 is 0. The van der Waals surface area contributed by atoms with E-state index >= 15 is 0 Å². The van der Waals surface area contributed by atoms with Crippen molar-refractivity contribution in [3.63, 3.8) is 0 Å². The molecule has 1 unspecified atom stereocenters. The molecule has 1 aliphatic rings. The lowest BCUT2D eigenvalue weighted by atomic mass is 10.1. The van der Waals surface area contributed by atoms with Gasteiger partial charge in [-0.05, 0) is 17.2 Å². The average molecular weight is 452 g/mol. The molecule has 0 spiro atoms. The molecule has 1 heterocycles. The third kappa shape index (κ3) is 7.03. The quantitative estimate of drug-likeness (QED) is 0.367. The van der Waals surface area contributed by atoms with Crippen LogP contribution in [0.2, 0.25) is 0 Å². The fourth-order valence-electron chi connectivity index (χ4n) is 3.07. The Morgan fingerprint density at radius 3 is 2.36 bits per heavy atom. The lowest BCUT2D eigenvalue weighted by Gasteiger charge is -2.26. The number of nitro groups is 1. The molecule has 0 amide bonds. The predicted molar refractivity (Wildman–Crippen MR) is 120 cm³/mol. The normalized spacial score (nSPS) is 15.0. The van der Waals surface area contributed by atoms with E-state index in [1.165, 1.54) is 17.7 Å². The van der Waals surface area contributed by atoms with Crippen LogP contribution < -0.4 is 14.8 Å². The molecule has 1 aliphatic heterocycles. The zero-order valence-corrected chi connectivity index (χ0v) is 17.7. The zero-order chi connectivity index (χ0) is 23.6. The van der Waals surface area contributed by atoms with Crippen LogP contribution in [0.1, 0.15) is 17.2 Å². The molecule has 0 aliphatic carbocycles. The van der Waals surface area contributed by atoms with E-state index in [0.29, 0.717) is 30.2 Å². The van der Waals surface area contributed by atoms with E-state index in [0.717, 1.165) is 6.54 Å². The summed E-state index contributed by atoms with van der Waals surface area (Å²) in [5.74, 6) is -0.256. The minimum absolute atomic E-state index is 0.000227. The van der Waals surface area contributed by atoms with E-state index in [1.807, 2.05) is 30.3 Å². The van der Waals surface area contributed by atoms with Gasteiger partial charge in [-0.2, -0.15) is 0 Å². The Labute approximate surface area is 190 Å². The van der Waals surface area contributed by atoms with Gasteiger partial charge in [0, 0.05) is 19.2 Å². The van der Waals surface area contributed by atoms with E-state index in [-0.39, 0.29) is 11.8 Å². The molecule has 0 radical (unpaired) electrons. The number of benzene rings is 3. The van der Waals surface area contributed by atoms with E-state index in [9.17, 15) is 14.9 Å². The van der Waals surface area contributed by atoms with Gasteiger partial charge in [-0.15, -0.1) is 0 Å². The van der Waals surface area contributed by atoms with Gasteiger partial charge in [-0.25, -0.2) is 4.79 Å². The van der Waals surface area contributed by atoms with Crippen molar-refractivity contribution >= 4 is 11.7 Å². The monoisotopic (exact) mass is 452 g/mol. The number of nitro benzene ring substituents is 1. The van der Waals surface area contributed by atoms with Gasteiger partial charge in [0.05, 0.1) is 11.0 Å². The SMILES string of the molecule is O=C(O)C(O)c1ccccc1.O=[N+]([O-])c1ccc2c(c1)O[C@@H](CNCc1ccccc1)CO2. The molecule has 3 N–H and O–H groups in total. The topological polar surface area (TPSA) is 131 Å². The lowest BCUT2D eigenvalue weighted by Crippen LogP contribution is -2.38. The highest BCUT2D eigenvalue weighted by Crippen LogP contribution is 2.34. The first-order valence-electron chi connectivity index (χ1n) is 10.2. The lowest BCUT2D eigenvalue weighted by molar-refractivity contribution is -0.385. The number of carboxylic acids is 1. The zero-order valence-electron chi connectivity index (χ0n) is 17.7. The first-order chi connectivity index (χ1) is 15.9. The molecule has 2 atom stereocenters. The summed E-state index contributed by atoms with van der Waals surface area (Å²) in [6, 6.07) is 22.7. The van der Waals surface area contributed by atoms with Gasteiger partial charge >= 0.3 is 5.97 Å². The molecule has 0 aromatic heterocycles. The Hall–Kier alpha value is -3.95. The molecule has 0 bridgehead atoms. The van der Waals surface area contributed by atoms with Crippen molar-refractivity contribution in [1.29, 1.82) is 0 Å². The van der Waals surface area contributed by atoms with Gasteiger partial charge in [0.25, 0.3) is 5.69 Å². The third-order valence-electron chi connectivity index (χ3n) is 4.75. The van der Waals surface area contributed by atoms with Crippen LogP contribution in [0, 0.1) is 10.1 Å². The number of aliphatic carboxylic acids is 1. The van der Waals surface area contributed by atoms with E-state index in [2.05, 4.69) is 5.32 Å². The fourth-order valence-corrected chi connectivity index (χ4v) is 3.07. The number of nitrogens with one attached hydrogen (secondary N) is 1. The van der Waals surface area contributed by atoms with Crippen LogP contribution in [0.4, 0.5) is 5.69 Å². The number of ether oxygens (including phenoxy) is 2. The molecule has 0 saturated heterocycles. The van der Waals surface area contributed by atoms with Crippen molar-refractivity contribution in [1.82, 2.24) is 5.32 Å². The van der Waals surface area contributed by atoms with Crippen molar-refractivity contribution in [2.45, 2.75) is 18.8 Å². The molecule has 0 saturated carbocycles. The van der Waals surface area contributed by atoms with Gasteiger partial charge in [0.1, 0.15) is 12.7 Å². The first-order valence-corrected chi connectivity index (χ1v) is 10.2. The summed E-state index contributed by atoms with van der Waals surface area (Å²) in [6.45, 7) is 1.77. The molecule has 3 aromatic carbocycles. The highest BCUT2D eigenvalue weighted by Gasteiger charge is 2.23. The van der Waals surface area contributed by atoms with Gasteiger partial charge in [-0.1, -0.05) is 60.7 Å². The van der Waals surface area contributed by atoms with Crippen molar-refractivity contribution in [3.8, 4) is 11.5 Å². The third-order valence-corrected chi connectivity index (χ3v) is 4.75. The standard InChI is InChI=1S/C16H16N2O4.C8H8O3/c19-18(20)13-6-7-15-16(8-13)22-14(11-21-15)10-17-9-12-4-2-1-3-5-12;9-7(8(10)11)6-4-2-1-3-5-6/h1-8,14,17H,9-11H2;1-5,7,9H,(H,10,11)/t14-;/m0./s1. The second-order valence-electron chi connectivity index (χ2n) is 7.21. The molecular formula is C24H24N2O7. The van der Waals surface area contributed by atoms with Crippen LogP contribution in [0.5, 0.6) is 11.5 Å². The van der Waals surface area contributed by atoms with Crippen LogP contribution >= 0.6 is 0 Å². The molecule has 3 aromatic rings. The molecule has 4 rings (SSSR count). The minimum atomic E-state index is -1.41. The Morgan fingerprint density at radius 2 is 1.73 bits per heavy atom. The summed E-state index contributed by atoms with van der Waals surface area (Å²) in [4.78, 5) is 20.6. The molecule has 9 nitrogen and oxygen atoms in total. The molecular weight excluding hydrogens is 428 g/mol. The molecule has 172 valence electrons. The Morgan fingerprint density at radius 1 is 1.06 bits per heavy atom. The number of fused-ring (bicyclic) bond motifs is 1. The van der Waals surface area contributed by atoms with Gasteiger partial charge in [0.15, 0.2) is 17.6 Å². The number of carboxylic acid groups (broad SMARTS) is 1. The van der Waals surface area contributed by atoms with Crippen molar-refractivity contribution < 1.29 is 29.4 Å². The highest BCUT2D eigenvalue weighted by atomic mass is 16.6. The van der Waals surface area contributed by atoms with Crippen LogP contribution in [0.15, 0.2) is 78.9 Å². The second kappa shape index (κ2) is 11.6. The van der Waals surface area contributed by atoms with Gasteiger partial charge in [0.2, 0.25) is 0 Å². The van der Waals surface area contributed by atoms with Gasteiger partial charge < -0.3 is 25.0 Å². The summed E-state index contributed by atoms with van der Waals surface area (Å²) in [7, 11) is 0. The maximum atomic E-state index is 10.8. The number of nitrogens with zero attached hydrogens (tertiary/aromatic N) is 1. The first kappa shape index (κ1) is 23.7. The van der Waals surface area contributed by atoms with E-state index in [1.54, 1.807) is 36.4 Å². The number of aliphatic hydroxyl groups is 1. The second-order valence-corrected chi connectivity index (χ2v) is 7.21. The van der Waals surface area contributed by atoms with Crippen LogP contribution in [-0.4, -0.2) is 40.4 Å². The fraction of sp³-hybridized carbons (Fsp3) is 0.208. The van der Waals surface area contributed by atoms with Crippen LogP contribution in [0.3, 0.4) is 0 Å². The largest absolute Gasteiger partial charge is 0.486 e.